The maximum Gasteiger partial charge on any atom is 0.252 e. The molecule has 45 heavy (non-hydrogen) atoms. The lowest BCUT2D eigenvalue weighted by atomic mass is 9.89. The maximum absolute atomic E-state index is 12.8. The van der Waals surface area contributed by atoms with Crippen LogP contribution in [0.25, 0.3) is 5.95 Å². The molecule has 0 unspecified atom stereocenters. The van der Waals surface area contributed by atoms with Gasteiger partial charge in [-0.1, -0.05) is 13.8 Å². The Morgan fingerprint density at radius 1 is 0.844 bits per heavy atom. The van der Waals surface area contributed by atoms with Gasteiger partial charge in [-0.2, -0.15) is 9.97 Å². The van der Waals surface area contributed by atoms with Gasteiger partial charge < -0.3 is 24.6 Å². The quantitative estimate of drug-likeness (QED) is 0.332. The predicted octanol–water partition coefficient (Wildman–Crippen LogP) is 3.65. The first-order valence-corrected chi connectivity index (χ1v) is 15.6. The van der Waals surface area contributed by atoms with E-state index in [4.69, 9.17) is 16.6 Å². The zero-order chi connectivity index (χ0) is 31.8. The number of fused-ring (bicyclic) bond motifs is 6. The number of rotatable bonds is 3. The molecule has 14 nitrogen and oxygen atoms in total. The summed E-state index contributed by atoms with van der Waals surface area (Å²) in [5.74, 6) is 2.51. The standard InChI is InChI=1S/C15H18N6O.C12H15ClN4O.C3H4N2/c1-3-15-5-4-7-21(15)12-11(19(2)13(15)22)9-17-14(18-12)20-8-6-16-10-20;1-3-12-5-4-6-17(12)9-8(16(2)10(12)18)7-14-11(13)15-9;1-2-5-3-4-1/h6,8-10H,3-5,7H2,1-2H3;7H,3-6H2,1-2H3;1-3H,(H,4,5)/t15-;12-;/m00./s1. The molecule has 236 valence electrons. The minimum absolute atomic E-state index is 0.140. The largest absolute Gasteiger partial charge is 0.351 e. The van der Waals surface area contributed by atoms with E-state index in [1.54, 1.807) is 65.1 Å². The van der Waals surface area contributed by atoms with Crippen molar-refractivity contribution in [1.82, 2.24) is 39.5 Å². The van der Waals surface area contributed by atoms with Crippen molar-refractivity contribution in [1.29, 1.82) is 0 Å². The fraction of sp³-hybridized carbons (Fsp3) is 0.467. The van der Waals surface area contributed by atoms with Crippen LogP contribution in [0.3, 0.4) is 0 Å². The number of likely N-dealkylation sites (N-methyl/N-ethyl adjacent to an activating group) is 2. The molecule has 2 atom stereocenters. The number of carbonyl (C=O) groups excluding carboxylic acids is 2. The number of H-pyrrole nitrogens is 1. The molecule has 4 aromatic rings. The van der Waals surface area contributed by atoms with Crippen molar-refractivity contribution in [2.45, 2.75) is 63.5 Å². The Morgan fingerprint density at radius 2 is 1.44 bits per heavy atom. The third-order valence-corrected chi connectivity index (χ3v) is 9.57. The number of aromatic amines is 1. The van der Waals surface area contributed by atoms with Crippen LogP contribution in [0.1, 0.15) is 52.4 Å². The van der Waals surface area contributed by atoms with E-state index in [9.17, 15) is 9.59 Å². The van der Waals surface area contributed by atoms with Crippen LogP contribution in [0.2, 0.25) is 5.28 Å². The predicted molar refractivity (Wildman–Crippen MR) is 171 cm³/mol. The van der Waals surface area contributed by atoms with Crippen molar-refractivity contribution in [3.05, 3.63) is 55.1 Å². The van der Waals surface area contributed by atoms with Crippen LogP contribution in [0, 0.1) is 0 Å². The fourth-order valence-corrected chi connectivity index (χ4v) is 7.12. The van der Waals surface area contributed by atoms with Crippen LogP contribution in [-0.4, -0.2) is 89.5 Å². The number of halogens is 1. The average molecular weight is 633 g/mol. The molecular weight excluding hydrogens is 596 g/mol. The third-order valence-electron chi connectivity index (χ3n) is 9.39. The van der Waals surface area contributed by atoms with E-state index in [-0.39, 0.29) is 17.1 Å². The highest BCUT2D eigenvalue weighted by molar-refractivity contribution is 6.28. The number of nitrogens with one attached hydrogen (secondary N) is 1. The Labute approximate surface area is 266 Å². The summed E-state index contributed by atoms with van der Waals surface area (Å²) in [6.45, 7) is 5.85. The van der Waals surface area contributed by atoms with Crippen LogP contribution in [0.4, 0.5) is 23.0 Å². The number of amides is 2. The lowest BCUT2D eigenvalue weighted by molar-refractivity contribution is -0.124. The molecule has 0 spiro atoms. The first-order chi connectivity index (χ1) is 21.8. The summed E-state index contributed by atoms with van der Waals surface area (Å²) < 4.78 is 1.78. The summed E-state index contributed by atoms with van der Waals surface area (Å²) in [5, 5.41) is 0.230. The van der Waals surface area contributed by atoms with Crippen molar-refractivity contribution in [3.8, 4) is 5.95 Å². The van der Waals surface area contributed by atoms with Crippen molar-refractivity contribution in [3.63, 3.8) is 0 Å². The fourth-order valence-electron chi connectivity index (χ4n) is 6.99. The molecular formula is C30H37ClN12O2. The normalized spacial score (nSPS) is 23.0. The summed E-state index contributed by atoms with van der Waals surface area (Å²) in [6.07, 6.45) is 19.0. The number of carbonyl (C=O) groups is 2. The minimum atomic E-state index is -0.442. The average Bonchev–Trinajstić information content (AvgIpc) is 3.90. The highest BCUT2D eigenvalue weighted by Crippen LogP contribution is 2.46. The molecule has 1 N–H and O–H groups in total. The van der Waals surface area contributed by atoms with Gasteiger partial charge in [0.15, 0.2) is 11.6 Å². The van der Waals surface area contributed by atoms with Crippen LogP contribution >= 0.6 is 11.6 Å². The summed E-state index contributed by atoms with van der Waals surface area (Å²) in [5.41, 5.74) is 0.650. The Kier molecular flexibility index (Phi) is 8.16. The van der Waals surface area contributed by atoms with Gasteiger partial charge in [-0.05, 0) is 50.1 Å². The molecule has 8 rings (SSSR count). The summed E-state index contributed by atoms with van der Waals surface area (Å²) >= 11 is 5.89. The van der Waals surface area contributed by atoms with Gasteiger partial charge in [-0.3, -0.25) is 14.2 Å². The van der Waals surface area contributed by atoms with Gasteiger partial charge in [-0.15, -0.1) is 0 Å². The number of hydrogen-bond acceptors (Lipinski definition) is 10. The molecule has 8 heterocycles. The first kappa shape index (κ1) is 30.4. The van der Waals surface area contributed by atoms with Gasteiger partial charge in [-0.25, -0.2) is 19.9 Å². The van der Waals surface area contributed by atoms with Crippen LogP contribution in [0.5, 0.6) is 0 Å². The van der Waals surface area contributed by atoms with Gasteiger partial charge in [0.2, 0.25) is 11.2 Å². The maximum atomic E-state index is 12.8. The van der Waals surface area contributed by atoms with Crippen molar-refractivity contribution in [2.24, 2.45) is 0 Å². The van der Waals surface area contributed by atoms with Crippen LogP contribution < -0.4 is 19.6 Å². The van der Waals surface area contributed by atoms with Crippen molar-refractivity contribution in [2.75, 3.05) is 46.8 Å². The Morgan fingerprint density at radius 3 is 1.93 bits per heavy atom. The molecule has 2 fully saturated rings. The highest BCUT2D eigenvalue weighted by Gasteiger charge is 2.53. The van der Waals surface area contributed by atoms with Gasteiger partial charge >= 0.3 is 0 Å². The molecule has 0 saturated carbocycles. The van der Waals surface area contributed by atoms with E-state index >= 15 is 0 Å². The van der Waals surface area contributed by atoms with E-state index in [1.807, 2.05) is 13.2 Å². The Bertz CT molecular complexity index is 1650. The topological polar surface area (TPSA) is 145 Å². The molecule has 2 saturated heterocycles. The van der Waals surface area contributed by atoms with Gasteiger partial charge in [0.25, 0.3) is 11.8 Å². The zero-order valence-corrected chi connectivity index (χ0v) is 26.6. The molecule has 0 aliphatic carbocycles. The van der Waals surface area contributed by atoms with Crippen LogP contribution in [-0.2, 0) is 9.59 Å². The smallest absolute Gasteiger partial charge is 0.252 e. The number of nitrogens with zero attached hydrogens (tertiary/aromatic N) is 11. The van der Waals surface area contributed by atoms with E-state index in [0.29, 0.717) is 5.95 Å². The zero-order valence-electron chi connectivity index (χ0n) is 25.9. The van der Waals surface area contributed by atoms with Crippen molar-refractivity contribution >= 4 is 46.4 Å². The first-order valence-electron chi connectivity index (χ1n) is 15.2. The second-order valence-corrected chi connectivity index (χ2v) is 11.8. The monoisotopic (exact) mass is 632 g/mol. The molecule has 2 amide bonds. The van der Waals surface area contributed by atoms with E-state index < -0.39 is 11.1 Å². The summed E-state index contributed by atoms with van der Waals surface area (Å²) in [4.78, 5) is 60.9. The minimum Gasteiger partial charge on any atom is -0.351 e. The second kappa shape index (κ2) is 12.1. The van der Waals surface area contributed by atoms with Gasteiger partial charge in [0, 0.05) is 52.0 Å². The molecule has 0 radical (unpaired) electrons. The van der Waals surface area contributed by atoms with E-state index in [0.717, 1.165) is 74.6 Å². The molecule has 0 bridgehead atoms. The Balaban J connectivity index is 0.000000139. The van der Waals surface area contributed by atoms with E-state index in [1.165, 1.54) is 0 Å². The summed E-state index contributed by atoms with van der Waals surface area (Å²) in [7, 11) is 3.60. The highest BCUT2D eigenvalue weighted by atomic mass is 35.5. The molecule has 4 aromatic heterocycles. The third kappa shape index (κ3) is 4.96. The number of imidazole rings is 2. The summed E-state index contributed by atoms with van der Waals surface area (Å²) in [6, 6.07) is 0. The number of hydrogen-bond donors (Lipinski definition) is 1. The molecule has 15 heteroatoms. The lowest BCUT2D eigenvalue weighted by Gasteiger charge is -2.45. The number of anilines is 4. The second-order valence-electron chi connectivity index (χ2n) is 11.5. The van der Waals surface area contributed by atoms with Gasteiger partial charge in [0.1, 0.15) is 28.8 Å². The molecule has 0 aromatic carbocycles. The van der Waals surface area contributed by atoms with Gasteiger partial charge in [0.05, 0.1) is 18.7 Å². The van der Waals surface area contributed by atoms with Crippen molar-refractivity contribution < 1.29 is 9.59 Å². The van der Waals surface area contributed by atoms with Crippen LogP contribution in [0.15, 0.2) is 49.8 Å². The van der Waals surface area contributed by atoms with E-state index in [2.05, 4.69) is 53.6 Å². The number of aromatic nitrogens is 8. The Hall–Kier alpha value is -4.59. The SMILES string of the molecule is CC[C@@]12CCCN1c1nc(-n3ccnc3)ncc1N(C)C2=O.CC[C@@]12CCCN1c1nc(Cl)ncc1N(C)C2=O.c1c[nH]cn1. The molecule has 4 aliphatic heterocycles. The molecule has 4 aliphatic rings. The lowest BCUT2D eigenvalue weighted by Crippen LogP contribution is -2.59.